The lowest BCUT2D eigenvalue weighted by Crippen LogP contribution is -2.49. The Balaban J connectivity index is 1.63. The molecule has 150 valence electrons. The molecule has 1 aliphatic rings. The molecule has 29 heavy (non-hydrogen) atoms. The summed E-state index contributed by atoms with van der Waals surface area (Å²) in [5.74, 6) is 0.465. The summed E-state index contributed by atoms with van der Waals surface area (Å²) in [5.41, 5.74) is 1.71. The van der Waals surface area contributed by atoms with Gasteiger partial charge in [-0.15, -0.1) is 0 Å². The van der Waals surface area contributed by atoms with Crippen LogP contribution in [0.15, 0.2) is 53.3 Å². The van der Waals surface area contributed by atoms with Crippen LogP contribution in [0, 0.1) is 6.92 Å². The average molecular weight is 393 g/mol. The summed E-state index contributed by atoms with van der Waals surface area (Å²) in [6, 6.07) is 14.2. The highest BCUT2D eigenvalue weighted by Gasteiger charge is 2.27. The second kappa shape index (κ2) is 7.77. The van der Waals surface area contributed by atoms with Crippen molar-refractivity contribution < 1.29 is 14.6 Å². The molecule has 1 N–H and O–H groups in total. The van der Waals surface area contributed by atoms with Crippen LogP contribution in [0.3, 0.4) is 0 Å². The maximum atomic E-state index is 12.9. The van der Waals surface area contributed by atoms with E-state index in [1.807, 2.05) is 18.2 Å². The van der Waals surface area contributed by atoms with Gasteiger partial charge in [-0.05, 0) is 50.2 Å². The first kappa shape index (κ1) is 19.3. The highest BCUT2D eigenvalue weighted by Crippen LogP contribution is 2.16. The molecule has 0 bridgehead atoms. The number of ether oxygens (including phenoxy) is 1. The summed E-state index contributed by atoms with van der Waals surface area (Å²) in [6.07, 6.45) is -1.01. The molecule has 7 heteroatoms. The topological polar surface area (TPSA) is 84.7 Å². The Labute approximate surface area is 168 Å². The van der Waals surface area contributed by atoms with Crippen molar-refractivity contribution in [3.05, 3.63) is 70.3 Å². The number of hydrogen-bond donors (Lipinski definition) is 1. The third-order valence-corrected chi connectivity index (χ3v) is 5.23. The number of nitrogens with zero attached hydrogens (tertiary/aromatic N) is 3. The van der Waals surface area contributed by atoms with Gasteiger partial charge in [-0.1, -0.05) is 12.1 Å². The fraction of sp³-hybridized carbons (Fsp3) is 0.318. The molecule has 4 rings (SSSR count). The van der Waals surface area contributed by atoms with Gasteiger partial charge in [-0.3, -0.25) is 14.2 Å². The zero-order valence-corrected chi connectivity index (χ0v) is 16.4. The maximum Gasteiger partial charge on any atom is 0.265 e. The monoisotopic (exact) mass is 393 g/mol. The lowest BCUT2D eigenvalue weighted by atomic mass is 10.1. The third kappa shape index (κ3) is 3.66. The van der Waals surface area contributed by atoms with E-state index in [-0.39, 0.29) is 17.6 Å². The Bertz CT molecular complexity index is 1110. The molecule has 1 amide bonds. The Kier molecular flexibility index (Phi) is 5.17. The number of hydrogen-bond acceptors (Lipinski definition) is 5. The van der Waals surface area contributed by atoms with Gasteiger partial charge >= 0.3 is 0 Å². The van der Waals surface area contributed by atoms with E-state index < -0.39 is 6.10 Å². The number of amides is 1. The van der Waals surface area contributed by atoms with Crippen LogP contribution in [-0.2, 0) is 4.74 Å². The number of carbonyl (C=O) groups excluding carboxylic acids is 1. The lowest BCUT2D eigenvalue weighted by molar-refractivity contribution is -0.0745. The molecule has 1 aliphatic heterocycles. The number of fused-ring (bicyclic) bond motifs is 1. The molecule has 2 aromatic carbocycles. The van der Waals surface area contributed by atoms with Crippen LogP contribution in [0.5, 0.6) is 0 Å². The first-order valence-electron chi connectivity index (χ1n) is 9.63. The predicted octanol–water partition coefficient (Wildman–Crippen LogP) is 1.92. The van der Waals surface area contributed by atoms with Gasteiger partial charge in [0.05, 0.1) is 29.3 Å². The molecule has 0 saturated carbocycles. The van der Waals surface area contributed by atoms with Gasteiger partial charge in [0.25, 0.3) is 11.5 Å². The van der Waals surface area contributed by atoms with Crippen LogP contribution in [0.4, 0.5) is 0 Å². The molecular weight excluding hydrogens is 370 g/mol. The smallest absolute Gasteiger partial charge is 0.265 e. The predicted molar refractivity (Wildman–Crippen MR) is 109 cm³/mol. The highest BCUT2D eigenvalue weighted by atomic mass is 16.5. The number of morpholine rings is 1. The third-order valence-electron chi connectivity index (χ3n) is 5.23. The molecule has 2 unspecified atom stereocenters. The number of aryl methyl sites for hydroxylation is 1. The normalized spacial score (nSPS) is 18.0. The van der Waals surface area contributed by atoms with Crippen LogP contribution in [0.1, 0.15) is 23.1 Å². The Morgan fingerprint density at radius 2 is 1.93 bits per heavy atom. The first-order valence-corrected chi connectivity index (χ1v) is 9.63. The van der Waals surface area contributed by atoms with E-state index in [9.17, 15) is 14.7 Å². The van der Waals surface area contributed by atoms with Gasteiger partial charge in [0.2, 0.25) is 0 Å². The molecule has 2 heterocycles. The van der Waals surface area contributed by atoms with Gasteiger partial charge in [0, 0.05) is 18.7 Å². The van der Waals surface area contributed by atoms with Gasteiger partial charge in [0.1, 0.15) is 11.9 Å². The summed E-state index contributed by atoms with van der Waals surface area (Å²) in [5, 5.41) is 10.3. The SMILES string of the molecule is Cc1nc2ccccc2c(=O)n1-c1ccc(C(=O)N2CCOC(C(C)O)C2)cc1. The number of benzene rings is 2. The molecule has 1 aromatic heterocycles. The molecule has 1 saturated heterocycles. The summed E-state index contributed by atoms with van der Waals surface area (Å²) in [6.45, 7) is 4.68. The van der Waals surface area contributed by atoms with Crippen LogP contribution < -0.4 is 5.56 Å². The van der Waals surface area contributed by atoms with Crippen LogP contribution in [-0.4, -0.2) is 57.4 Å². The van der Waals surface area contributed by atoms with Crippen LogP contribution in [0.25, 0.3) is 16.6 Å². The molecule has 2 atom stereocenters. The molecule has 1 fully saturated rings. The minimum atomic E-state index is -0.636. The highest BCUT2D eigenvalue weighted by molar-refractivity contribution is 5.94. The fourth-order valence-electron chi connectivity index (χ4n) is 3.64. The van der Waals surface area contributed by atoms with Crippen molar-refractivity contribution in [1.82, 2.24) is 14.5 Å². The summed E-state index contributed by atoms with van der Waals surface area (Å²) in [7, 11) is 0. The van der Waals surface area contributed by atoms with E-state index in [4.69, 9.17) is 4.74 Å². The van der Waals surface area contributed by atoms with Gasteiger partial charge in [-0.2, -0.15) is 0 Å². The Morgan fingerprint density at radius 1 is 1.21 bits per heavy atom. The number of aliphatic hydroxyl groups excluding tert-OH is 1. The van der Waals surface area contributed by atoms with Crippen LogP contribution >= 0.6 is 0 Å². The van der Waals surface area contributed by atoms with Crippen molar-refractivity contribution in [2.75, 3.05) is 19.7 Å². The Hall–Kier alpha value is -3.03. The van der Waals surface area contributed by atoms with E-state index in [1.165, 1.54) is 0 Å². The van der Waals surface area contributed by atoms with Crippen molar-refractivity contribution in [2.45, 2.75) is 26.1 Å². The minimum absolute atomic E-state index is 0.119. The van der Waals surface area contributed by atoms with Crippen molar-refractivity contribution in [2.24, 2.45) is 0 Å². The quantitative estimate of drug-likeness (QED) is 0.735. The number of carbonyl (C=O) groups is 1. The zero-order valence-electron chi connectivity index (χ0n) is 16.4. The maximum absolute atomic E-state index is 12.9. The average Bonchev–Trinajstić information content (AvgIpc) is 2.74. The van der Waals surface area contributed by atoms with Crippen molar-refractivity contribution >= 4 is 16.8 Å². The van der Waals surface area contributed by atoms with E-state index in [0.717, 1.165) is 0 Å². The molecule has 0 spiro atoms. The number of para-hydroxylation sites is 1. The second-order valence-electron chi connectivity index (χ2n) is 7.26. The molecule has 3 aromatic rings. The number of rotatable bonds is 3. The van der Waals surface area contributed by atoms with Crippen molar-refractivity contribution in [3.8, 4) is 5.69 Å². The first-order chi connectivity index (χ1) is 14.0. The van der Waals surface area contributed by atoms with Crippen molar-refractivity contribution in [1.29, 1.82) is 0 Å². The molecule has 7 nitrogen and oxygen atoms in total. The minimum Gasteiger partial charge on any atom is -0.391 e. The van der Waals surface area contributed by atoms with Gasteiger partial charge in [-0.25, -0.2) is 4.98 Å². The van der Waals surface area contributed by atoms with E-state index in [1.54, 1.807) is 53.6 Å². The van der Waals surface area contributed by atoms with Gasteiger partial charge in [0.15, 0.2) is 0 Å². The summed E-state index contributed by atoms with van der Waals surface area (Å²) in [4.78, 5) is 32.0. The standard InChI is InChI=1S/C22H23N3O4/c1-14(26)20-13-24(11-12-29-20)21(27)16-7-9-17(10-8-16)25-15(2)23-19-6-4-3-5-18(19)22(25)28/h3-10,14,20,26H,11-13H2,1-2H3. The van der Waals surface area contributed by atoms with E-state index in [2.05, 4.69) is 4.98 Å². The van der Waals surface area contributed by atoms with E-state index in [0.29, 0.717) is 47.7 Å². The Morgan fingerprint density at radius 3 is 2.66 bits per heavy atom. The number of aromatic nitrogens is 2. The second-order valence-corrected chi connectivity index (χ2v) is 7.26. The van der Waals surface area contributed by atoms with Gasteiger partial charge < -0.3 is 14.7 Å². The number of aliphatic hydroxyl groups is 1. The fourth-order valence-corrected chi connectivity index (χ4v) is 3.64. The van der Waals surface area contributed by atoms with E-state index >= 15 is 0 Å². The molecule has 0 aliphatic carbocycles. The van der Waals surface area contributed by atoms with Crippen molar-refractivity contribution in [3.63, 3.8) is 0 Å². The summed E-state index contributed by atoms with van der Waals surface area (Å²) >= 11 is 0. The molecular formula is C22H23N3O4. The molecule has 0 radical (unpaired) electrons. The largest absolute Gasteiger partial charge is 0.391 e. The van der Waals surface area contributed by atoms with Crippen LogP contribution in [0.2, 0.25) is 0 Å². The lowest BCUT2D eigenvalue weighted by Gasteiger charge is -2.34. The zero-order chi connectivity index (χ0) is 20.5. The summed E-state index contributed by atoms with van der Waals surface area (Å²) < 4.78 is 7.06.